The third-order valence-corrected chi connectivity index (χ3v) is 4.98. The summed E-state index contributed by atoms with van der Waals surface area (Å²) in [5, 5.41) is 0. The van der Waals surface area contributed by atoms with E-state index >= 15 is 0 Å². The standard InChI is InChI=1S/C24H22N2O4/c1-2-16-9-3-6-12-19(16)29-15-22(27)25-26-24(28)23-17-10-4-7-13-20(17)30-21-14-8-5-11-18(21)23/h3-14,23H,2,15H2,1H3,(H,25,27)(H,26,28). The molecule has 3 aromatic rings. The lowest BCUT2D eigenvalue weighted by Gasteiger charge is -2.27. The van der Waals surface area contributed by atoms with Crippen molar-refractivity contribution in [2.45, 2.75) is 19.3 Å². The van der Waals surface area contributed by atoms with E-state index in [0.717, 1.165) is 23.1 Å². The first-order valence-corrected chi connectivity index (χ1v) is 9.82. The van der Waals surface area contributed by atoms with Gasteiger partial charge in [-0.1, -0.05) is 61.5 Å². The molecule has 6 nitrogen and oxygen atoms in total. The molecular weight excluding hydrogens is 380 g/mol. The summed E-state index contributed by atoms with van der Waals surface area (Å²) in [4.78, 5) is 25.2. The molecule has 3 aromatic carbocycles. The summed E-state index contributed by atoms with van der Waals surface area (Å²) in [6.45, 7) is 1.82. The Hall–Kier alpha value is -3.80. The van der Waals surface area contributed by atoms with E-state index in [1.165, 1.54) is 0 Å². The van der Waals surface area contributed by atoms with Crippen LogP contribution in [0.1, 0.15) is 29.5 Å². The van der Waals surface area contributed by atoms with Crippen molar-refractivity contribution in [3.8, 4) is 17.2 Å². The minimum Gasteiger partial charge on any atom is -0.483 e. The fourth-order valence-electron chi connectivity index (χ4n) is 3.51. The van der Waals surface area contributed by atoms with Gasteiger partial charge in [-0.3, -0.25) is 20.4 Å². The maximum atomic E-state index is 13.0. The molecule has 2 N–H and O–H groups in total. The number of benzene rings is 3. The Morgan fingerprint density at radius 2 is 1.47 bits per heavy atom. The fourth-order valence-corrected chi connectivity index (χ4v) is 3.51. The van der Waals surface area contributed by atoms with Crippen molar-refractivity contribution in [3.63, 3.8) is 0 Å². The maximum Gasteiger partial charge on any atom is 0.276 e. The van der Waals surface area contributed by atoms with Crippen molar-refractivity contribution in [3.05, 3.63) is 89.5 Å². The van der Waals surface area contributed by atoms with Crippen LogP contribution in [-0.4, -0.2) is 18.4 Å². The second-order valence-electron chi connectivity index (χ2n) is 6.90. The number of ether oxygens (including phenoxy) is 2. The summed E-state index contributed by atoms with van der Waals surface area (Å²) in [6, 6.07) is 22.3. The first-order valence-electron chi connectivity index (χ1n) is 9.82. The Balaban J connectivity index is 1.43. The fraction of sp³-hybridized carbons (Fsp3) is 0.167. The van der Waals surface area contributed by atoms with E-state index in [4.69, 9.17) is 9.47 Å². The predicted octanol–water partition coefficient (Wildman–Crippen LogP) is 3.71. The summed E-state index contributed by atoms with van der Waals surface area (Å²) >= 11 is 0. The highest BCUT2D eigenvalue weighted by Gasteiger charge is 2.32. The Labute approximate surface area is 174 Å². The van der Waals surface area contributed by atoms with Crippen LogP contribution in [0.2, 0.25) is 0 Å². The third-order valence-electron chi connectivity index (χ3n) is 4.98. The van der Waals surface area contributed by atoms with Crippen LogP contribution in [0.5, 0.6) is 17.2 Å². The second kappa shape index (κ2) is 8.69. The largest absolute Gasteiger partial charge is 0.483 e. The Bertz CT molecular complexity index is 1030. The molecule has 2 amide bonds. The van der Waals surface area contributed by atoms with Crippen LogP contribution in [0.15, 0.2) is 72.8 Å². The van der Waals surface area contributed by atoms with E-state index in [9.17, 15) is 9.59 Å². The molecule has 0 atom stereocenters. The number of aryl methyl sites for hydroxylation is 1. The SMILES string of the molecule is CCc1ccccc1OCC(=O)NNC(=O)C1c2ccccc2Oc2ccccc21. The molecule has 0 radical (unpaired) electrons. The van der Waals surface area contributed by atoms with Crippen molar-refractivity contribution >= 4 is 11.8 Å². The van der Waals surface area contributed by atoms with Gasteiger partial charge in [0.15, 0.2) is 6.61 Å². The number of rotatable bonds is 5. The number of fused-ring (bicyclic) bond motifs is 2. The smallest absolute Gasteiger partial charge is 0.276 e. The first kappa shape index (κ1) is 19.5. The normalized spacial score (nSPS) is 12.2. The van der Waals surface area contributed by atoms with E-state index < -0.39 is 11.8 Å². The van der Waals surface area contributed by atoms with E-state index in [0.29, 0.717) is 17.2 Å². The number of hydrogen-bond acceptors (Lipinski definition) is 4. The summed E-state index contributed by atoms with van der Waals surface area (Å²) in [5.74, 6) is 0.537. The molecule has 4 rings (SSSR count). The van der Waals surface area contributed by atoms with Gasteiger partial charge < -0.3 is 9.47 Å². The highest BCUT2D eigenvalue weighted by Crippen LogP contribution is 2.43. The van der Waals surface area contributed by atoms with Gasteiger partial charge in [0.2, 0.25) is 0 Å². The van der Waals surface area contributed by atoms with Crippen LogP contribution >= 0.6 is 0 Å². The van der Waals surface area contributed by atoms with Crippen LogP contribution in [0.3, 0.4) is 0 Å². The molecule has 0 saturated heterocycles. The highest BCUT2D eigenvalue weighted by atomic mass is 16.5. The lowest BCUT2D eigenvalue weighted by molar-refractivity contribution is -0.130. The molecule has 6 heteroatoms. The van der Waals surface area contributed by atoms with Crippen LogP contribution in [0, 0.1) is 0 Å². The van der Waals surface area contributed by atoms with Gasteiger partial charge in [0.05, 0.1) is 5.92 Å². The van der Waals surface area contributed by atoms with Gasteiger partial charge in [-0.25, -0.2) is 0 Å². The van der Waals surface area contributed by atoms with Gasteiger partial charge in [-0.05, 0) is 30.2 Å². The third kappa shape index (κ3) is 3.98. The van der Waals surface area contributed by atoms with E-state index in [-0.39, 0.29) is 12.5 Å². The highest BCUT2D eigenvalue weighted by molar-refractivity contribution is 5.91. The summed E-state index contributed by atoms with van der Waals surface area (Å²) in [7, 11) is 0. The molecule has 152 valence electrons. The molecule has 1 aliphatic heterocycles. The van der Waals surface area contributed by atoms with Crippen molar-refractivity contribution in [1.29, 1.82) is 0 Å². The Morgan fingerprint density at radius 3 is 2.13 bits per heavy atom. The molecule has 1 aliphatic rings. The second-order valence-corrected chi connectivity index (χ2v) is 6.90. The molecule has 0 aromatic heterocycles. The van der Waals surface area contributed by atoms with Crippen LogP contribution in [0.4, 0.5) is 0 Å². The van der Waals surface area contributed by atoms with Crippen molar-refractivity contribution in [2.75, 3.05) is 6.61 Å². The van der Waals surface area contributed by atoms with Gasteiger partial charge in [0, 0.05) is 11.1 Å². The first-order chi connectivity index (χ1) is 14.7. The van der Waals surface area contributed by atoms with Gasteiger partial charge in [-0.2, -0.15) is 0 Å². The molecule has 0 aliphatic carbocycles. The van der Waals surface area contributed by atoms with Crippen LogP contribution < -0.4 is 20.3 Å². The average molecular weight is 402 g/mol. The molecule has 0 spiro atoms. The molecule has 0 unspecified atom stereocenters. The van der Waals surface area contributed by atoms with Gasteiger partial charge >= 0.3 is 0 Å². The number of amides is 2. The number of hydrazine groups is 1. The monoisotopic (exact) mass is 402 g/mol. The number of carbonyl (C=O) groups excluding carboxylic acids is 2. The maximum absolute atomic E-state index is 13.0. The number of carbonyl (C=O) groups is 2. The lowest BCUT2D eigenvalue weighted by Crippen LogP contribution is -2.46. The van der Waals surface area contributed by atoms with Crippen molar-refractivity contribution in [1.82, 2.24) is 10.9 Å². The molecule has 1 heterocycles. The lowest BCUT2D eigenvalue weighted by atomic mass is 9.87. The Kier molecular flexibility index (Phi) is 5.66. The van der Waals surface area contributed by atoms with E-state index in [1.54, 1.807) is 0 Å². The van der Waals surface area contributed by atoms with Gasteiger partial charge in [0.25, 0.3) is 11.8 Å². The minimum absolute atomic E-state index is 0.196. The molecule has 0 bridgehead atoms. The zero-order chi connectivity index (χ0) is 20.9. The number of para-hydroxylation sites is 3. The summed E-state index contributed by atoms with van der Waals surface area (Å²) < 4.78 is 11.5. The summed E-state index contributed by atoms with van der Waals surface area (Å²) in [6.07, 6.45) is 0.803. The van der Waals surface area contributed by atoms with Crippen LogP contribution in [0.25, 0.3) is 0 Å². The van der Waals surface area contributed by atoms with E-state index in [2.05, 4.69) is 10.9 Å². The average Bonchev–Trinajstić information content (AvgIpc) is 2.79. The molecular formula is C24H22N2O4. The quantitative estimate of drug-likeness (QED) is 0.638. The molecule has 30 heavy (non-hydrogen) atoms. The minimum atomic E-state index is -0.590. The van der Waals surface area contributed by atoms with Crippen LogP contribution in [-0.2, 0) is 16.0 Å². The van der Waals surface area contributed by atoms with E-state index in [1.807, 2.05) is 79.7 Å². The predicted molar refractivity (Wildman–Crippen MR) is 112 cm³/mol. The number of hydrogen-bond donors (Lipinski definition) is 2. The van der Waals surface area contributed by atoms with Crippen molar-refractivity contribution < 1.29 is 19.1 Å². The molecule has 0 saturated carbocycles. The summed E-state index contributed by atoms with van der Waals surface area (Å²) in [5.41, 5.74) is 7.48. The topological polar surface area (TPSA) is 76.7 Å². The van der Waals surface area contributed by atoms with Gasteiger partial charge in [0.1, 0.15) is 17.2 Å². The zero-order valence-electron chi connectivity index (χ0n) is 16.6. The number of nitrogens with one attached hydrogen (secondary N) is 2. The molecule has 0 fully saturated rings. The zero-order valence-corrected chi connectivity index (χ0v) is 16.6. The van der Waals surface area contributed by atoms with Crippen molar-refractivity contribution in [2.24, 2.45) is 0 Å². The van der Waals surface area contributed by atoms with Gasteiger partial charge in [-0.15, -0.1) is 0 Å². The Morgan fingerprint density at radius 1 is 0.867 bits per heavy atom.